The molecule has 0 saturated carbocycles. The van der Waals surface area contributed by atoms with Crippen LogP contribution in [0.2, 0.25) is 0 Å². The van der Waals surface area contributed by atoms with Crippen LogP contribution in [0.25, 0.3) is 0 Å². The molecule has 1 aliphatic carbocycles. The molecule has 0 aromatic carbocycles. The van der Waals surface area contributed by atoms with Crippen molar-refractivity contribution < 1.29 is 9.59 Å². The fraction of sp³-hybridized carbons (Fsp3) is 0.476. The molecule has 0 spiro atoms. The number of hydrogen-bond acceptors (Lipinski definition) is 3. The smallest absolute Gasteiger partial charge is 0.270 e. The van der Waals surface area contributed by atoms with Crippen molar-refractivity contribution in [3.63, 3.8) is 0 Å². The molecule has 0 radical (unpaired) electrons. The number of amides is 1. The average Bonchev–Trinajstić information content (AvgIpc) is 2.91. The summed E-state index contributed by atoms with van der Waals surface area (Å²) >= 11 is 0. The molecule has 0 unspecified atom stereocenters. The lowest BCUT2D eigenvalue weighted by molar-refractivity contribution is 0.0719. The van der Waals surface area contributed by atoms with Gasteiger partial charge >= 0.3 is 0 Å². The maximum absolute atomic E-state index is 13.2. The van der Waals surface area contributed by atoms with Gasteiger partial charge < -0.3 is 9.88 Å². The molecular formula is C21H27N3O2. The summed E-state index contributed by atoms with van der Waals surface area (Å²) in [5, 5.41) is 0. The van der Waals surface area contributed by atoms with Gasteiger partial charge in [-0.1, -0.05) is 20.8 Å². The van der Waals surface area contributed by atoms with Crippen molar-refractivity contribution in [2.75, 3.05) is 7.05 Å². The van der Waals surface area contributed by atoms with E-state index >= 15 is 0 Å². The van der Waals surface area contributed by atoms with Gasteiger partial charge in [0.25, 0.3) is 5.91 Å². The van der Waals surface area contributed by atoms with Crippen LogP contribution in [0, 0.1) is 12.3 Å². The zero-order chi connectivity index (χ0) is 19.1. The van der Waals surface area contributed by atoms with Crippen LogP contribution >= 0.6 is 0 Å². The van der Waals surface area contributed by atoms with Crippen LogP contribution in [-0.2, 0) is 6.42 Å². The first-order valence-corrected chi connectivity index (χ1v) is 9.17. The Morgan fingerprint density at radius 3 is 2.58 bits per heavy atom. The van der Waals surface area contributed by atoms with E-state index in [-0.39, 0.29) is 23.1 Å². The van der Waals surface area contributed by atoms with Gasteiger partial charge in [0.1, 0.15) is 5.69 Å². The fourth-order valence-corrected chi connectivity index (χ4v) is 4.08. The molecule has 5 heteroatoms. The Labute approximate surface area is 154 Å². The third kappa shape index (κ3) is 3.18. The zero-order valence-corrected chi connectivity index (χ0v) is 16.2. The van der Waals surface area contributed by atoms with Gasteiger partial charge in [0, 0.05) is 37.1 Å². The first-order chi connectivity index (χ1) is 12.2. The van der Waals surface area contributed by atoms with E-state index in [1.807, 2.05) is 26.1 Å². The largest absolute Gasteiger partial charge is 0.354 e. The Kier molecular flexibility index (Phi) is 4.74. The molecule has 2 aromatic rings. The predicted molar refractivity (Wildman–Crippen MR) is 101 cm³/mol. The van der Waals surface area contributed by atoms with Gasteiger partial charge in [0.05, 0.1) is 6.04 Å². The van der Waals surface area contributed by atoms with Gasteiger partial charge in [-0.3, -0.25) is 14.6 Å². The minimum Gasteiger partial charge on any atom is -0.354 e. The van der Waals surface area contributed by atoms with E-state index in [9.17, 15) is 9.59 Å². The van der Waals surface area contributed by atoms with Crippen molar-refractivity contribution in [3.8, 4) is 0 Å². The molecule has 26 heavy (non-hydrogen) atoms. The van der Waals surface area contributed by atoms with Gasteiger partial charge in [-0.05, 0) is 48.4 Å². The highest BCUT2D eigenvalue weighted by Gasteiger charge is 2.36. The molecule has 0 aliphatic heterocycles. The summed E-state index contributed by atoms with van der Waals surface area (Å²) < 4.78 is 0. The van der Waals surface area contributed by atoms with Gasteiger partial charge in [-0.15, -0.1) is 0 Å². The summed E-state index contributed by atoms with van der Waals surface area (Å²) in [5.41, 5.74) is 3.93. The maximum atomic E-state index is 13.2. The summed E-state index contributed by atoms with van der Waals surface area (Å²) in [6.45, 7) is 8.12. The number of carbonyl (C=O) groups excluding carboxylic acids is 2. The lowest BCUT2D eigenvalue weighted by atomic mass is 9.75. The number of rotatable bonds is 4. The second-order valence-electron chi connectivity index (χ2n) is 8.04. The lowest BCUT2D eigenvalue weighted by Gasteiger charge is -2.28. The standard InChI is InChI=1S/C21H27N3O2/c1-6-16(14-7-9-22-10-8-14)24(5)20(26)19-13(2)18-15(23-19)11-21(3,4)12-17(18)25/h7-10,16,23H,6,11-12H2,1-5H3/t16-/m0/s1. The zero-order valence-electron chi connectivity index (χ0n) is 16.2. The number of carbonyl (C=O) groups is 2. The van der Waals surface area contributed by atoms with Crippen molar-refractivity contribution in [1.29, 1.82) is 0 Å². The number of fused-ring (bicyclic) bond motifs is 1. The van der Waals surface area contributed by atoms with Crippen LogP contribution in [0.5, 0.6) is 0 Å². The number of pyridine rings is 1. The SMILES string of the molecule is CC[C@@H](c1ccncc1)N(C)C(=O)c1[nH]c2c(c1C)C(=O)CC(C)(C)C2. The number of aromatic nitrogens is 2. The Bertz CT molecular complexity index is 836. The van der Waals surface area contributed by atoms with Gasteiger partial charge in [-0.25, -0.2) is 0 Å². The molecule has 2 heterocycles. The summed E-state index contributed by atoms with van der Waals surface area (Å²) in [5.74, 6) is 0.0547. The Morgan fingerprint density at radius 2 is 1.96 bits per heavy atom. The van der Waals surface area contributed by atoms with E-state index < -0.39 is 0 Å². The number of Topliss-reactive ketones (excluding diaryl/α,β-unsaturated/α-hetero) is 1. The Balaban J connectivity index is 1.94. The third-order valence-corrected chi connectivity index (χ3v) is 5.38. The number of H-pyrrole nitrogens is 1. The van der Waals surface area contributed by atoms with E-state index in [2.05, 4.69) is 30.7 Å². The lowest BCUT2D eigenvalue weighted by Crippen LogP contribution is -2.31. The maximum Gasteiger partial charge on any atom is 0.270 e. The van der Waals surface area contributed by atoms with Crippen molar-refractivity contribution in [3.05, 3.63) is 52.6 Å². The quantitative estimate of drug-likeness (QED) is 0.900. The van der Waals surface area contributed by atoms with E-state index in [4.69, 9.17) is 0 Å². The van der Waals surface area contributed by atoms with Gasteiger partial charge in [0.2, 0.25) is 0 Å². The van der Waals surface area contributed by atoms with Gasteiger partial charge in [0.15, 0.2) is 5.78 Å². The first kappa shape index (κ1) is 18.4. The minimum atomic E-state index is -0.0776. The summed E-state index contributed by atoms with van der Waals surface area (Å²) in [4.78, 5) is 34.9. The monoisotopic (exact) mass is 353 g/mol. The second-order valence-corrected chi connectivity index (χ2v) is 8.04. The summed E-state index contributed by atoms with van der Waals surface area (Å²) in [6, 6.07) is 3.85. The van der Waals surface area contributed by atoms with E-state index in [1.54, 1.807) is 17.3 Å². The molecule has 2 aromatic heterocycles. The van der Waals surface area contributed by atoms with Crippen LogP contribution in [0.1, 0.15) is 77.3 Å². The molecule has 3 rings (SSSR count). The molecule has 1 atom stereocenters. The molecule has 0 fully saturated rings. The Morgan fingerprint density at radius 1 is 1.31 bits per heavy atom. The van der Waals surface area contributed by atoms with Crippen molar-refractivity contribution in [2.45, 2.75) is 53.0 Å². The molecular weight excluding hydrogens is 326 g/mol. The normalized spacial score (nSPS) is 16.9. The minimum absolute atomic E-state index is 0.0302. The fourth-order valence-electron chi connectivity index (χ4n) is 4.08. The first-order valence-electron chi connectivity index (χ1n) is 9.17. The number of ketones is 1. The van der Waals surface area contributed by atoms with Crippen LogP contribution in [0.15, 0.2) is 24.5 Å². The van der Waals surface area contributed by atoms with Crippen LogP contribution in [0.3, 0.4) is 0 Å². The van der Waals surface area contributed by atoms with E-state index in [0.717, 1.165) is 35.2 Å². The Hall–Kier alpha value is -2.43. The van der Waals surface area contributed by atoms with Crippen molar-refractivity contribution >= 4 is 11.7 Å². The molecule has 138 valence electrons. The molecule has 5 nitrogen and oxygen atoms in total. The van der Waals surface area contributed by atoms with Crippen LogP contribution in [0.4, 0.5) is 0 Å². The summed E-state index contributed by atoms with van der Waals surface area (Å²) in [6.07, 6.45) is 5.60. The van der Waals surface area contributed by atoms with E-state index in [1.165, 1.54) is 0 Å². The molecule has 0 bridgehead atoms. The second kappa shape index (κ2) is 6.71. The molecule has 1 amide bonds. The number of hydrogen-bond donors (Lipinski definition) is 1. The van der Waals surface area contributed by atoms with Gasteiger partial charge in [-0.2, -0.15) is 0 Å². The average molecular weight is 353 g/mol. The van der Waals surface area contributed by atoms with E-state index in [0.29, 0.717) is 12.1 Å². The molecule has 0 saturated heterocycles. The molecule has 1 aliphatic rings. The number of nitrogens with one attached hydrogen (secondary N) is 1. The predicted octanol–water partition coefficient (Wildman–Crippen LogP) is 4.10. The molecule has 1 N–H and O–H groups in total. The summed E-state index contributed by atoms with van der Waals surface area (Å²) in [7, 11) is 1.82. The highest BCUT2D eigenvalue weighted by atomic mass is 16.2. The van der Waals surface area contributed by atoms with Crippen molar-refractivity contribution in [2.24, 2.45) is 5.41 Å². The third-order valence-electron chi connectivity index (χ3n) is 5.38. The number of aromatic amines is 1. The number of nitrogens with zero attached hydrogens (tertiary/aromatic N) is 2. The topological polar surface area (TPSA) is 66.1 Å². The highest BCUT2D eigenvalue weighted by Crippen LogP contribution is 2.37. The van der Waals surface area contributed by atoms with Crippen LogP contribution in [-0.4, -0.2) is 33.6 Å². The highest BCUT2D eigenvalue weighted by molar-refractivity contribution is 6.04. The van der Waals surface area contributed by atoms with Crippen molar-refractivity contribution in [1.82, 2.24) is 14.9 Å². The van der Waals surface area contributed by atoms with Crippen LogP contribution < -0.4 is 0 Å².